The van der Waals surface area contributed by atoms with Crippen molar-refractivity contribution >= 4 is 5.91 Å². The summed E-state index contributed by atoms with van der Waals surface area (Å²) in [6, 6.07) is 15.2. The summed E-state index contributed by atoms with van der Waals surface area (Å²) in [5.74, 6) is 0.348. The molecule has 0 fully saturated rings. The number of nitrogens with one attached hydrogen (secondary N) is 1. The number of hydrogen-bond donors (Lipinski definition) is 2. The van der Waals surface area contributed by atoms with Crippen molar-refractivity contribution in [3.8, 4) is 5.75 Å². The fourth-order valence-electron chi connectivity index (χ4n) is 1.96. The lowest BCUT2D eigenvalue weighted by molar-refractivity contribution is -0.123. The van der Waals surface area contributed by atoms with E-state index in [0.717, 1.165) is 11.1 Å². The minimum absolute atomic E-state index is 0.0666. The first-order valence-electron chi connectivity index (χ1n) is 6.83. The van der Waals surface area contributed by atoms with Crippen molar-refractivity contribution in [2.24, 2.45) is 0 Å². The summed E-state index contributed by atoms with van der Waals surface area (Å²) in [5, 5.41) is 12.1. The molecule has 0 bridgehead atoms. The second-order valence-electron chi connectivity index (χ2n) is 4.82. The van der Waals surface area contributed by atoms with E-state index in [4.69, 9.17) is 4.74 Å². The molecule has 0 heterocycles. The van der Waals surface area contributed by atoms with Crippen LogP contribution in [-0.2, 0) is 17.9 Å². The minimum Gasteiger partial charge on any atom is -0.483 e. The molecule has 0 saturated carbocycles. The molecular formula is C17H19NO3. The Labute approximate surface area is 124 Å². The number of aliphatic hydroxyl groups is 1. The van der Waals surface area contributed by atoms with Gasteiger partial charge in [-0.3, -0.25) is 4.79 Å². The van der Waals surface area contributed by atoms with Crippen LogP contribution < -0.4 is 10.1 Å². The Hall–Kier alpha value is -2.33. The molecule has 0 aliphatic carbocycles. The van der Waals surface area contributed by atoms with E-state index >= 15 is 0 Å². The highest BCUT2D eigenvalue weighted by molar-refractivity contribution is 5.77. The standard InChI is InChI=1S/C17H19NO3/c1-13-7-8-16(15(9-13)11-19)21-12-17(20)18-10-14-5-3-2-4-6-14/h2-9,19H,10-12H2,1H3,(H,18,20). The Morgan fingerprint density at radius 2 is 1.95 bits per heavy atom. The molecule has 0 unspecified atom stereocenters. The van der Waals surface area contributed by atoms with Gasteiger partial charge in [-0.05, 0) is 18.6 Å². The van der Waals surface area contributed by atoms with Crippen LogP contribution in [0.5, 0.6) is 5.75 Å². The van der Waals surface area contributed by atoms with Gasteiger partial charge in [0.1, 0.15) is 5.75 Å². The Balaban J connectivity index is 1.84. The van der Waals surface area contributed by atoms with Crippen molar-refractivity contribution in [1.82, 2.24) is 5.32 Å². The molecule has 0 spiro atoms. The predicted octanol–water partition coefficient (Wildman–Crippen LogP) is 2.18. The molecule has 110 valence electrons. The van der Waals surface area contributed by atoms with Gasteiger partial charge in [0.2, 0.25) is 0 Å². The summed E-state index contributed by atoms with van der Waals surface area (Å²) in [5.41, 5.74) is 2.77. The molecule has 0 aliphatic rings. The number of carbonyl (C=O) groups is 1. The van der Waals surface area contributed by atoms with Gasteiger partial charge < -0.3 is 15.2 Å². The molecule has 2 aromatic rings. The highest BCUT2D eigenvalue weighted by Crippen LogP contribution is 2.19. The van der Waals surface area contributed by atoms with Crippen LogP contribution >= 0.6 is 0 Å². The Morgan fingerprint density at radius 1 is 1.19 bits per heavy atom. The third-order valence-corrected chi connectivity index (χ3v) is 3.08. The molecule has 0 aliphatic heterocycles. The van der Waals surface area contributed by atoms with Crippen molar-refractivity contribution in [2.45, 2.75) is 20.1 Å². The van der Waals surface area contributed by atoms with Crippen molar-refractivity contribution in [3.05, 3.63) is 65.2 Å². The number of carbonyl (C=O) groups excluding carboxylic acids is 1. The topological polar surface area (TPSA) is 58.6 Å². The van der Waals surface area contributed by atoms with Crippen molar-refractivity contribution in [2.75, 3.05) is 6.61 Å². The number of aliphatic hydroxyl groups excluding tert-OH is 1. The van der Waals surface area contributed by atoms with Gasteiger partial charge in [0.05, 0.1) is 6.61 Å². The van der Waals surface area contributed by atoms with E-state index in [-0.39, 0.29) is 19.1 Å². The van der Waals surface area contributed by atoms with Gasteiger partial charge in [0.15, 0.2) is 6.61 Å². The van der Waals surface area contributed by atoms with Crippen LogP contribution in [0.2, 0.25) is 0 Å². The van der Waals surface area contributed by atoms with E-state index in [1.165, 1.54) is 0 Å². The van der Waals surface area contributed by atoms with Crippen molar-refractivity contribution in [1.29, 1.82) is 0 Å². The van der Waals surface area contributed by atoms with E-state index in [2.05, 4.69) is 5.32 Å². The maximum Gasteiger partial charge on any atom is 0.258 e. The smallest absolute Gasteiger partial charge is 0.258 e. The quantitative estimate of drug-likeness (QED) is 0.855. The van der Waals surface area contributed by atoms with Gasteiger partial charge in [0.25, 0.3) is 5.91 Å². The highest BCUT2D eigenvalue weighted by Gasteiger charge is 2.06. The van der Waals surface area contributed by atoms with Crippen LogP contribution in [0.4, 0.5) is 0 Å². The minimum atomic E-state index is -0.191. The number of hydrogen-bond acceptors (Lipinski definition) is 3. The Bertz CT molecular complexity index is 596. The maximum atomic E-state index is 11.8. The summed E-state index contributed by atoms with van der Waals surface area (Å²) in [6.07, 6.45) is 0. The number of ether oxygens (including phenoxy) is 1. The van der Waals surface area contributed by atoms with Gasteiger partial charge in [-0.15, -0.1) is 0 Å². The van der Waals surface area contributed by atoms with E-state index in [0.29, 0.717) is 17.9 Å². The number of rotatable bonds is 6. The second kappa shape index (κ2) is 7.45. The van der Waals surface area contributed by atoms with Gasteiger partial charge >= 0.3 is 0 Å². The zero-order valence-electron chi connectivity index (χ0n) is 12.0. The summed E-state index contributed by atoms with van der Waals surface area (Å²) < 4.78 is 5.46. The van der Waals surface area contributed by atoms with Crippen LogP contribution in [0.25, 0.3) is 0 Å². The molecule has 1 amide bonds. The normalized spacial score (nSPS) is 10.2. The van der Waals surface area contributed by atoms with Gasteiger partial charge in [-0.25, -0.2) is 0 Å². The van der Waals surface area contributed by atoms with Crippen LogP contribution in [0, 0.1) is 6.92 Å². The first kappa shape index (κ1) is 15.1. The first-order valence-corrected chi connectivity index (χ1v) is 6.83. The van der Waals surface area contributed by atoms with E-state index < -0.39 is 0 Å². The third kappa shape index (κ3) is 4.61. The van der Waals surface area contributed by atoms with E-state index in [1.807, 2.05) is 49.4 Å². The molecule has 4 heteroatoms. The van der Waals surface area contributed by atoms with Gasteiger partial charge in [-0.2, -0.15) is 0 Å². The number of aryl methyl sites for hydroxylation is 1. The molecule has 0 atom stereocenters. The fourth-order valence-corrected chi connectivity index (χ4v) is 1.96. The van der Waals surface area contributed by atoms with Gasteiger partial charge in [-0.1, -0.05) is 48.0 Å². The zero-order chi connectivity index (χ0) is 15.1. The maximum absolute atomic E-state index is 11.8. The fraction of sp³-hybridized carbons (Fsp3) is 0.235. The lowest BCUT2D eigenvalue weighted by Crippen LogP contribution is -2.28. The van der Waals surface area contributed by atoms with Crippen LogP contribution in [0.3, 0.4) is 0 Å². The Kier molecular flexibility index (Phi) is 5.35. The SMILES string of the molecule is Cc1ccc(OCC(=O)NCc2ccccc2)c(CO)c1. The van der Waals surface area contributed by atoms with Gasteiger partial charge in [0, 0.05) is 12.1 Å². The lowest BCUT2D eigenvalue weighted by Gasteiger charge is -2.11. The zero-order valence-corrected chi connectivity index (χ0v) is 12.0. The van der Waals surface area contributed by atoms with Crippen molar-refractivity contribution in [3.63, 3.8) is 0 Å². The summed E-state index contributed by atoms with van der Waals surface area (Å²) >= 11 is 0. The molecule has 4 nitrogen and oxygen atoms in total. The van der Waals surface area contributed by atoms with Crippen LogP contribution in [0.1, 0.15) is 16.7 Å². The second-order valence-corrected chi connectivity index (χ2v) is 4.82. The number of amides is 1. The van der Waals surface area contributed by atoms with Crippen LogP contribution in [-0.4, -0.2) is 17.6 Å². The summed E-state index contributed by atoms with van der Waals surface area (Å²) in [4.78, 5) is 11.8. The Morgan fingerprint density at radius 3 is 2.67 bits per heavy atom. The third-order valence-electron chi connectivity index (χ3n) is 3.08. The molecule has 2 aromatic carbocycles. The molecule has 21 heavy (non-hydrogen) atoms. The first-order chi connectivity index (χ1) is 10.2. The molecule has 2 N–H and O–H groups in total. The molecule has 0 saturated heterocycles. The average Bonchev–Trinajstić information content (AvgIpc) is 2.52. The molecular weight excluding hydrogens is 266 g/mol. The van der Waals surface area contributed by atoms with E-state index in [1.54, 1.807) is 6.07 Å². The largest absolute Gasteiger partial charge is 0.483 e. The summed E-state index contributed by atoms with van der Waals surface area (Å²) in [6.45, 7) is 2.24. The summed E-state index contributed by atoms with van der Waals surface area (Å²) in [7, 11) is 0. The van der Waals surface area contributed by atoms with Crippen molar-refractivity contribution < 1.29 is 14.6 Å². The number of benzene rings is 2. The molecule has 2 rings (SSSR count). The molecule has 0 aromatic heterocycles. The average molecular weight is 285 g/mol. The van der Waals surface area contributed by atoms with Crippen LogP contribution in [0.15, 0.2) is 48.5 Å². The lowest BCUT2D eigenvalue weighted by atomic mass is 10.1. The predicted molar refractivity (Wildman–Crippen MR) is 80.9 cm³/mol. The monoisotopic (exact) mass is 285 g/mol. The molecule has 0 radical (unpaired) electrons. The highest BCUT2D eigenvalue weighted by atomic mass is 16.5. The van der Waals surface area contributed by atoms with E-state index in [9.17, 15) is 9.90 Å².